The second-order valence-corrected chi connectivity index (χ2v) is 6.39. The van der Waals surface area contributed by atoms with Crippen molar-refractivity contribution in [3.63, 3.8) is 0 Å². The Balaban J connectivity index is 2.28. The van der Waals surface area contributed by atoms with Crippen LogP contribution in [-0.4, -0.2) is 9.55 Å². The molecule has 3 heteroatoms. The van der Waals surface area contributed by atoms with E-state index in [1.807, 2.05) is 0 Å². The van der Waals surface area contributed by atoms with E-state index in [9.17, 15) is 0 Å². The molecule has 0 saturated heterocycles. The van der Waals surface area contributed by atoms with Gasteiger partial charge in [0.25, 0.3) is 0 Å². The molecule has 19 heavy (non-hydrogen) atoms. The normalized spacial score (nSPS) is 17.3. The molecule has 0 bridgehead atoms. The molecule has 1 aromatic rings. The van der Waals surface area contributed by atoms with Gasteiger partial charge in [0.05, 0.1) is 5.69 Å². The third kappa shape index (κ3) is 3.31. The molecule has 2 N–H and O–H groups in total. The molecule has 1 aliphatic rings. The van der Waals surface area contributed by atoms with Crippen LogP contribution in [0.1, 0.15) is 76.7 Å². The van der Waals surface area contributed by atoms with E-state index in [2.05, 4.69) is 25.3 Å². The fourth-order valence-electron chi connectivity index (χ4n) is 3.20. The minimum Gasteiger partial charge on any atom is -0.384 e. The molecular formula is C16H29N3. The first-order valence-electron chi connectivity index (χ1n) is 7.98. The van der Waals surface area contributed by atoms with E-state index in [1.165, 1.54) is 37.9 Å². The van der Waals surface area contributed by atoms with E-state index in [4.69, 9.17) is 10.7 Å². The Bertz CT molecular complexity index is 400. The van der Waals surface area contributed by atoms with Crippen molar-refractivity contribution >= 4 is 5.82 Å². The van der Waals surface area contributed by atoms with Gasteiger partial charge in [-0.15, -0.1) is 0 Å². The fourth-order valence-corrected chi connectivity index (χ4v) is 3.20. The molecule has 1 fully saturated rings. The van der Waals surface area contributed by atoms with Crippen molar-refractivity contribution in [1.29, 1.82) is 0 Å². The monoisotopic (exact) mass is 263 g/mol. The van der Waals surface area contributed by atoms with Crippen molar-refractivity contribution < 1.29 is 0 Å². The number of rotatable bonds is 5. The Kier molecular flexibility index (Phi) is 4.89. The van der Waals surface area contributed by atoms with Gasteiger partial charge in [-0.25, -0.2) is 4.98 Å². The lowest BCUT2D eigenvalue weighted by atomic mass is 9.88. The highest BCUT2D eigenvalue weighted by Crippen LogP contribution is 2.34. The second kappa shape index (κ2) is 6.44. The van der Waals surface area contributed by atoms with Crippen molar-refractivity contribution in [3.8, 4) is 0 Å². The fraction of sp³-hybridized carbons (Fsp3) is 0.812. The van der Waals surface area contributed by atoms with Crippen molar-refractivity contribution in [1.82, 2.24) is 9.55 Å². The van der Waals surface area contributed by atoms with Gasteiger partial charge in [-0.2, -0.15) is 0 Å². The molecule has 0 atom stereocenters. The molecule has 0 spiro atoms. The molecule has 108 valence electrons. The number of imidazole rings is 1. The van der Waals surface area contributed by atoms with Gasteiger partial charge >= 0.3 is 0 Å². The topological polar surface area (TPSA) is 43.8 Å². The van der Waals surface area contributed by atoms with E-state index >= 15 is 0 Å². The zero-order chi connectivity index (χ0) is 13.8. The summed E-state index contributed by atoms with van der Waals surface area (Å²) in [6, 6.07) is 0. The van der Waals surface area contributed by atoms with E-state index in [0.717, 1.165) is 30.9 Å². The van der Waals surface area contributed by atoms with Gasteiger partial charge in [0.2, 0.25) is 0 Å². The van der Waals surface area contributed by atoms with E-state index in [-0.39, 0.29) is 0 Å². The molecule has 0 unspecified atom stereocenters. The third-order valence-electron chi connectivity index (χ3n) is 4.13. The Morgan fingerprint density at radius 2 is 1.95 bits per heavy atom. The summed E-state index contributed by atoms with van der Waals surface area (Å²) in [4.78, 5) is 4.93. The van der Waals surface area contributed by atoms with Crippen LogP contribution < -0.4 is 5.73 Å². The minimum atomic E-state index is 0.617. The average Bonchev–Trinajstić information content (AvgIpc) is 2.69. The summed E-state index contributed by atoms with van der Waals surface area (Å²) in [5.41, 5.74) is 7.47. The van der Waals surface area contributed by atoms with Crippen molar-refractivity contribution in [2.45, 2.75) is 78.2 Å². The molecule has 1 heterocycles. The lowest BCUT2D eigenvalue weighted by molar-refractivity contribution is 0.415. The minimum absolute atomic E-state index is 0.617. The van der Waals surface area contributed by atoms with Gasteiger partial charge in [0.15, 0.2) is 0 Å². The van der Waals surface area contributed by atoms with Gasteiger partial charge in [0.1, 0.15) is 11.6 Å². The van der Waals surface area contributed by atoms with Gasteiger partial charge in [-0.3, -0.25) is 0 Å². The molecule has 0 aromatic carbocycles. The standard InChI is InChI=1S/C16H29N3/c1-4-10-19-15(17)14(11-12(2)3)18-16(19)13-8-6-5-7-9-13/h12-13H,4-11,17H2,1-3H3. The highest BCUT2D eigenvalue weighted by molar-refractivity contribution is 5.39. The summed E-state index contributed by atoms with van der Waals surface area (Å²) in [5, 5.41) is 0. The Morgan fingerprint density at radius 3 is 2.53 bits per heavy atom. The maximum atomic E-state index is 6.35. The Labute approximate surface area is 117 Å². The van der Waals surface area contributed by atoms with Crippen molar-refractivity contribution in [2.75, 3.05) is 5.73 Å². The molecule has 0 aliphatic heterocycles. The Hall–Kier alpha value is -0.990. The van der Waals surface area contributed by atoms with Crippen LogP contribution >= 0.6 is 0 Å². The maximum absolute atomic E-state index is 6.35. The quantitative estimate of drug-likeness (QED) is 0.868. The van der Waals surface area contributed by atoms with Crippen LogP contribution in [0.5, 0.6) is 0 Å². The molecule has 0 radical (unpaired) electrons. The Morgan fingerprint density at radius 1 is 1.26 bits per heavy atom. The van der Waals surface area contributed by atoms with E-state index in [0.29, 0.717) is 11.8 Å². The lowest BCUT2D eigenvalue weighted by Gasteiger charge is -2.22. The number of nitrogen functional groups attached to an aromatic ring is 1. The van der Waals surface area contributed by atoms with Crippen LogP contribution in [0.2, 0.25) is 0 Å². The molecule has 1 aliphatic carbocycles. The smallest absolute Gasteiger partial charge is 0.126 e. The van der Waals surface area contributed by atoms with E-state index < -0.39 is 0 Å². The first-order chi connectivity index (χ1) is 9.13. The molecule has 0 amide bonds. The van der Waals surface area contributed by atoms with Crippen LogP contribution in [0.15, 0.2) is 0 Å². The second-order valence-electron chi connectivity index (χ2n) is 6.39. The predicted octanol–water partition coefficient (Wildman–Crippen LogP) is 4.12. The molecule has 2 rings (SSSR count). The van der Waals surface area contributed by atoms with Gasteiger partial charge in [-0.1, -0.05) is 40.0 Å². The number of hydrogen-bond donors (Lipinski definition) is 1. The van der Waals surface area contributed by atoms with Gasteiger partial charge < -0.3 is 10.3 Å². The number of anilines is 1. The van der Waals surface area contributed by atoms with Gasteiger partial charge in [0, 0.05) is 12.5 Å². The van der Waals surface area contributed by atoms with Crippen molar-refractivity contribution in [3.05, 3.63) is 11.5 Å². The maximum Gasteiger partial charge on any atom is 0.126 e. The van der Waals surface area contributed by atoms with Crippen LogP contribution in [0.4, 0.5) is 5.82 Å². The highest BCUT2D eigenvalue weighted by Gasteiger charge is 2.23. The first-order valence-corrected chi connectivity index (χ1v) is 7.98. The zero-order valence-electron chi connectivity index (χ0n) is 12.8. The average molecular weight is 263 g/mol. The van der Waals surface area contributed by atoms with Crippen LogP contribution in [0.25, 0.3) is 0 Å². The number of aromatic nitrogens is 2. The van der Waals surface area contributed by atoms with Crippen LogP contribution in [-0.2, 0) is 13.0 Å². The summed E-state index contributed by atoms with van der Waals surface area (Å²) in [5.74, 6) is 3.46. The first kappa shape index (κ1) is 14.4. The molecule has 1 aromatic heterocycles. The summed E-state index contributed by atoms with van der Waals surface area (Å²) in [7, 11) is 0. The largest absolute Gasteiger partial charge is 0.384 e. The van der Waals surface area contributed by atoms with Crippen LogP contribution in [0, 0.1) is 5.92 Å². The predicted molar refractivity (Wildman–Crippen MR) is 81.3 cm³/mol. The summed E-state index contributed by atoms with van der Waals surface area (Å²) in [6.07, 6.45) is 8.80. The van der Waals surface area contributed by atoms with Crippen LogP contribution in [0.3, 0.4) is 0 Å². The summed E-state index contributed by atoms with van der Waals surface area (Å²) >= 11 is 0. The number of nitrogens with two attached hydrogens (primary N) is 1. The zero-order valence-corrected chi connectivity index (χ0v) is 12.8. The highest BCUT2D eigenvalue weighted by atomic mass is 15.1. The molecule has 3 nitrogen and oxygen atoms in total. The molecular weight excluding hydrogens is 234 g/mol. The number of hydrogen-bond acceptors (Lipinski definition) is 2. The number of nitrogens with zero attached hydrogens (tertiary/aromatic N) is 2. The SMILES string of the molecule is CCCn1c(C2CCCCC2)nc(CC(C)C)c1N. The lowest BCUT2D eigenvalue weighted by Crippen LogP contribution is -2.13. The van der Waals surface area contributed by atoms with Crippen molar-refractivity contribution in [2.24, 2.45) is 5.92 Å². The summed E-state index contributed by atoms with van der Waals surface area (Å²) < 4.78 is 2.30. The third-order valence-corrected chi connectivity index (χ3v) is 4.13. The molecule has 1 saturated carbocycles. The van der Waals surface area contributed by atoms with Gasteiger partial charge in [-0.05, 0) is 31.6 Å². The summed E-state index contributed by atoms with van der Waals surface area (Å²) in [6.45, 7) is 7.70. The van der Waals surface area contributed by atoms with E-state index in [1.54, 1.807) is 0 Å².